The molecule has 3 nitrogen and oxygen atoms in total. The molecule has 0 aliphatic heterocycles. The quantitative estimate of drug-likeness (QED) is 0.873. The van der Waals surface area contributed by atoms with E-state index in [2.05, 4.69) is 26.1 Å². The number of hydrogen-bond acceptors (Lipinski definition) is 3. The molecule has 0 bridgehead atoms. The van der Waals surface area contributed by atoms with Crippen molar-refractivity contribution < 1.29 is 9.84 Å². The fraction of sp³-hybridized carbons (Fsp3) is 0.647. The van der Waals surface area contributed by atoms with Crippen LogP contribution in [0.25, 0.3) is 0 Å². The Morgan fingerprint density at radius 2 is 2.15 bits per heavy atom. The van der Waals surface area contributed by atoms with E-state index in [1.54, 1.807) is 13.2 Å². The SMILES string of the molecule is COc1cc(C(C)NC2CCCC(C)(C)C2)ccc1O. The molecule has 1 aromatic rings. The lowest BCUT2D eigenvalue weighted by Gasteiger charge is -2.37. The first-order valence-corrected chi connectivity index (χ1v) is 7.54. The maximum Gasteiger partial charge on any atom is 0.160 e. The van der Waals surface area contributed by atoms with Crippen LogP contribution in [0.2, 0.25) is 0 Å². The summed E-state index contributed by atoms with van der Waals surface area (Å²) in [5.74, 6) is 0.738. The minimum absolute atomic E-state index is 0.197. The van der Waals surface area contributed by atoms with Crippen molar-refractivity contribution in [1.29, 1.82) is 0 Å². The van der Waals surface area contributed by atoms with Crippen molar-refractivity contribution in [1.82, 2.24) is 5.32 Å². The summed E-state index contributed by atoms with van der Waals surface area (Å²) in [5.41, 5.74) is 1.60. The molecule has 112 valence electrons. The van der Waals surface area contributed by atoms with Gasteiger partial charge < -0.3 is 15.2 Å². The summed E-state index contributed by atoms with van der Waals surface area (Å²) in [6.45, 7) is 6.89. The number of ether oxygens (including phenoxy) is 1. The Morgan fingerprint density at radius 1 is 1.40 bits per heavy atom. The van der Waals surface area contributed by atoms with Gasteiger partial charge in [0.25, 0.3) is 0 Å². The van der Waals surface area contributed by atoms with Crippen molar-refractivity contribution >= 4 is 0 Å². The minimum atomic E-state index is 0.197. The molecule has 0 spiro atoms. The molecule has 3 heteroatoms. The molecule has 20 heavy (non-hydrogen) atoms. The smallest absolute Gasteiger partial charge is 0.160 e. The lowest BCUT2D eigenvalue weighted by Crippen LogP contribution is -2.38. The number of hydrogen-bond donors (Lipinski definition) is 2. The van der Waals surface area contributed by atoms with Crippen LogP contribution >= 0.6 is 0 Å². The van der Waals surface area contributed by atoms with E-state index in [0.717, 1.165) is 5.56 Å². The van der Waals surface area contributed by atoms with Crippen LogP contribution in [0.4, 0.5) is 0 Å². The van der Waals surface area contributed by atoms with Gasteiger partial charge in [-0.25, -0.2) is 0 Å². The number of methoxy groups -OCH3 is 1. The highest BCUT2D eigenvalue weighted by Crippen LogP contribution is 2.36. The van der Waals surface area contributed by atoms with Crippen LogP contribution in [0.5, 0.6) is 11.5 Å². The van der Waals surface area contributed by atoms with Crippen LogP contribution in [-0.4, -0.2) is 18.3 Å². The predicted octanol–water partition coefficient (Wildman–Crippen LogP) is 4.02. The molecular formula is C17H27NO2. The fourth-order valence-corrected chi connectivity index (χ4v) is 3.25. The van der Waals surface area contributed by atoms with Gasteiger partial charge in [-0.05, 0) is 49.3 Å². The summed E-state index contributed by atoms with van der Waals surface area (Å²) >= 11 is 0. The van der Waals surface area contributed by atoms with Crippen molar-refractivity contribution in [3.63, 3.8) is 0 Å². The number of nitrogens with one attached hydrogen (secondary N) is 1. The Kier molecular flexibility index (Phi) is 4.59. The molecule has 1 aliphatic carbocycles. The lowest BCUT2D eigenvalue weighted by molar-refractivity contribution is 0.191. The van der Waals surface area contributed by atoms with E-state index in [1.807, 2.05) is 12.1 Å². The zero-order valence-electron chi connectivity index (χ0n) is 13.1. The molecule has 1 fully saturated rings. The van der Waals surface area contributed by atoms with Crippen LogP contribution in [0, 0.1) is 5.41 Å². The van der Waals surface area contributed by atoms with E-state index in [-0.39, 0.29) is 11.8 Å². The van der Waals surface area contributed by atoms with Crippen LogP contribution in [-0.2, 0) is 0 Å². The summed E-state index contributed by atoms with van der Waals surface area (Å²) in [6, 6.07) is 6.43. The zero-order valence-corrected chi connectivity index (χ0v) is 13.1. The van der Waals surface area contributed by atoms with Crippen molar-refractivity contribution in [2.75, 3.05) is 7.11 Å². The first-order chi connectivity index (χ1) is 9.41. The van der Waals surface area contributed by atoms with Gasteiger partial charge in [0.15, 0.2) is 11.5 Å². The highest BCUT2D eigenvalue weighted by atomic mass is 16.5. The van der Waals surface area contributed by atoms with Crippen LogP contribution in [0.3, 0.4) is 0 Å². The second-order valence-corrected chi connectivity index (χ2v) is 6.78. The molecule has 1 aliphatic rings. The van der Waals surface area contributed by atoms with Gasteiger partial charge in [0.05, 0.1) is 7.11 Å². The van der Waals surface area contributed by atoms with Gasteiger partial charge in [-0.3, -0.25) is 0 Å². The molecule has 0 saturated heterocycles. The van der Waals surface area contributed by atoms with Crippen molar-refractivity contribution in [3.8, 4) is 11.5 Å². The molecule has 1 aromatic carbocycles. The molecule has 2 N–H and O–H groups in total. The topological polar surface area (TPSA) is 41.5 Å². The van der Waals surface area contributed by atoms with E-state index in [0.29, 0.717) is 17.2 Å². The summed E-state index contributed by atoms with van der Waals surface area (Å²) in [7, 11) is 1.58. The van der Waals surface area contributed by atoms with Gasteiger partial charge in [0.1, 0.15) is 0 Å². The molecule has 1 saturated carbocycles. The van der Waals surface area contributed by atoms with Gasteiger partial charge in [-0.2, -0.15) is 0 Å². The first kappa shape index (κ1) is 15.2. The zero-order chi connectivity index (χ0) is 14.8. The summed E-state index contributed by atoms with van der Waals surface area (Å²) < 4.78 is 5.18. The van der Waals surface area contributed by atoms with E-state index in [1.165, 1.54) is 25.7 Å². The van der Waals surface area contributed by atoms with Crippen LogP contribution in [0.15, 0.2) is 18.2 Å². The van der Waals surface area contributed by atoms with E-state index in [4.69, 9.17) is 4.74 Å². The maximum atomic E-state index is 9.66. The highest BCUT2D eigenvalue weighted by Gasteiger charge is 2.28. The third-order valence-corrected chi connectivity index (χ3v) is 4.39. The van der Waals surface area contributed by atoms with Crippen molar-refractivity contribution in [3.05, 3.63) is 23.8 Å². The molecule has 0 aromatic heterocycles. The van der Waals surface area contributed by atoms with E-state index in [9.17, 15) is 5.11 Å². The highest BCUT2D eigenvalue weighted by molar-refractivity contribution is 5.42. The van der Waals surface area contributed by atoms with Crippen molar-refractivity contribution in [2.45, 2.75) is 58.5 Å². The minimum Gasteiger partial charge on any atom is -0.504 e. The Balaban J connectivity index is 2.02. The third-order valence-electron chi connectivity index (χ3n) is 4.39. The number of phenolic OH excluding ortho intramolecular Hbond substituents is 1. The summed E-state index contributed by atoms with van der Waals surface area (Å²) in [6.07, 6.45) is 5.11. The van der Waals surface area contributed by atoms with E-state index >= 15 is 0 Å². The number of rotatable bonds is 4. The molecular weight excluding hydrogens is 250 g/mol. The van der Waals surface area contributed by atoms with Gasteiger partial charge in [-0.1, -0.05) is 26.3 Å². The average Bonchev–Trinajstić information content (AvgIpc) is 2.38. The van der Waals surface area contributed by atoms with Crippen LogP contribution in [0.1, 0.15) is 58.1 Å². The van der Waals surface area contributed by atoms with Crippen molar-refractivity contribution in [2.24, 2.45) is 5.41 Å². The van der Waals surface area contributed by atoms with Gasteiger partial charge in [-0.15, -0.1) is 0 Å². The molecule has 0 radical (unpaired) electrons. The van der Waals surface area contributed by atoms with Gasteiger partial charge in [0, 0.05) is 12.1 Å². The van der Waals surface area contributed by atoms with Crippen LogP contribution < -0.4 is 10.1 Å². The first-order valence-electron chi connectivity index (χ1n) is 7.54. The predicted molar refractivity (Wildman–Crippen MR) is 82.2 cm³/mol. The number of phenols is 1. The largest absolute Gasteiger partial charge is 0.504 e. The van der Waals surface area contributed by atoms with E-state index < -0.39 is 0 Å². The number of aromatic hydroxyl groups is 1. The number of benzene rings is 1. The molecule has 2 rings (SSSR count). The normalized spacial score (nSPS) is 23.3. The summed E-state index contributed by atoms with van der Waals surface area (Å²) in [5, 5.41) is 13.4. The van der Waals surface area contributed by atoms with Gasteiger partial charge >= 0.3 is 0 Å². The summed E-state index contributed by atoms with van der Waals surface area (Å²) in [4.78, 5) is 0. The molecule has 0 heterocycles. The Labute approximate surface area is 122 Å². The standard InChI is InChI=1S/C17H27NO2/c1-12(13-7-8-15(19)16(10-13)20-4)18-14-6-5-9-17(2,3)11-14/h7-8,10,12,14,18-19H,5-6,9,11H2,1-4H3. The molecule has 2 atom stereocenters. The Hall–Kier alpha value is -1.22. The Morgan fingerprint density at radius 3 is 2.80 bits per heavy atom. The maximum absolute atomic E-state index is 9.66. The average molecular weight is 277 g/mol. The monoisotopic (exact) mass is 277 g/mol. The third kappa shape index (κ3) is 3.66. The second kappa shape index (κ2) is 6.04. The Bertz CT molecular complexity index is 456. The van der Waals surface area contributed by atoms with Gasteiger partial charge in [0.2, 0.25) is 0 Å². The fourth-order valence-electron chi connectivity index (χ4n) is 3.25. The molecule has 0 amide bonds. The lowest BCUT2D eigenvalue weighted by atomic mass is 9.75. The second-order valence-electron chi connectivity index (χ2n) is 6.78. The molecule has 2 unspecified atom stereocenters.